The van der Waals surface area contributed by atoms with Crippen LogP contribution in [-0.2, 0) is 6.42 Å². The number of rotatable bonds is 4. The van der Waals surface area contributed by atoms with E-state index < -0.39 is 11.8 Å². The van der Waals surface area contributed by atoms with Crippen LogP contribution in [0.2, 0.25) is 0 Å². The van der Waals surface area contributed by atoms with Crippen molar-refractivity contribution in [1.29, 1.82) is 0 Å². The molecular weight excluding hydrogens is 348 g/mol. The Hall–Kier alpha value is -1.87. The van der Waals surface area contributed by atoms with Crippen molar-refractivity contribution in [2.45, 2.75) is 13.3 Å². The van der Waals surface area contributed by atoms with E-state index in [0.29, 0.717) is 11.4 Å². The molecule has 0 aliphatic rings. The summed E-state index contributed by atoms with van der Waals surface area (Å²) in [5.74, 6) is 0.466. The van der Waals surface area contributed by atoms with E-state index in [9.17, 15) is 13.6 Å². The molecule has 0 atom stereocenters. The maximum atomic E-state index is 12.7. The molecule has 0 amide bonds. The van der Waals surface area contributed by atoms with Crippen molar-refractivity contribution >= 4 is 15.9 Å². The lowest BCUT2D eigenvalue weighted by atomic mass is 10.2. The van der Waals surface area contributed by atoms with Crippen molar-refractivity contribution in [1.82, 2.24) is 19.7 Å². The second-order valence-electron chi connectivity index (χ2n) is 4.32. The van der Waals surface area contributed by atoms with Crippen molar-refractivity contribution in [2.75, 3.05) is 6.54 Å². The van der Waals surface area contributed by atoms with E-state index in [1.807, 2.05) is 0 Å². The summed E-state index contributed by atoms with van der Waals surface area (Å²) in [6.45, 7) is 1.45. The molecular formula is C12H12BrF2N5O. The molecule has 112 valence electrons. The van der Waals surface area contributed by atoms with Crippen LogP contribution in [0.3, 0.4) is 0 Å². The van der Waals surface area contributed by atoms with Gasteiger partial charge in [0, 0.05) is 29.2 Å². The predicted octanol–water partition coefficient (Wildman–Crippen LogP) is 1.68. The molecule has 0 fully saturated rings. The number of H-pyrrole nitrogens is 1. The Kier molecular flexibility index (Phi) is 4.63. The first-order valence-corrected chi connectivity index (χ1v) is 6.75. The molecule has 0 aromatic carbocycles. The molecule has 9 heteroatoms. The number of hydrogen-bond acceptors (Lipinski definition) is 4. The predicted molar refractivity (Wildman–Crippen MR) is 76.4 cm³/mol. The Labute approximate surface area is 126 Å². The van der Waals surface area contributed by atoms with E-state index in [1.54, 1.807) is 13.0 Å². The highest BCUT2D eigenvalue weighted by molar-refractivity contribution is 9.10. The zero-order valence-corrected chi connectivity index (χ0v) is 12.6. The zero-order chi connectivity index (χ0) is 15.6. The minimum Gasteiger partial charge on any atom is -0.327 e. The summed E-state index contributed by atoms with van der Waals surface area (Å²) < 4.78 is 27.3. The van der Waals surface area contributed by atoms with Crippen LogP contribution in [0.4, 0.5) is 8.78 Å². The molecule has 2 aromatic rings. The topological polar surface area (TPSA) is 89.6 Å². The van der Waals surface area contributed by atoms with Crippen LogP contribution in [0.1, 0.15) is 11.4 Å². The van der Waals surface area contributed by atoms with Gasteiger partial charge in [-0.1, -0.05) is 0 Å². The van der Waals surface area contributed by atoms with E-state index >= 15 is 0 Å². The smallest absolute Gasteiger partial charge is 0.327 e. The lowest BCUT2D eigenvalue weighted by molar-refractivity contribution is 0.407. The van der Waals surface area contributed by atoms with Crippen LogP contribution in [0.15, 0.2) is 33.2 Å². The first-order valence-electron chi connectivity index (χ1n) is 5.96. The summed E-state index contributed by atoms with van der Waals surface area (Å²) >= 11 is 3.27. The van der Waals surface area contributed by atoms with Gasteiger partial charge in [0.25, 0.3) is 6.08 Å². The van der Waals surface area contributed by atoms with Gasteiger partial charge in [0.1, 0.15) is 11.6 Å². The van der Waals surface area contributed by atoms with Crippen molar-refractivity contribution in [2.24, 2.45) is 5.73 Å². The molecule has 3 N–H and O–H groups in total. The minimum atomic E-state index is -1.86. The highest BCUT2D eigenvalue weighted by atomic mass is 79.9. The van der Waals surface area contributed by atoms with Gasteiger partial charge in [-0.05, 0) is 34.5 Å². The highest BCUT2D eigenvalue weighted by Gasteiger charge is 2.17. The molecule has 0 radical (unpaired) electrons. The van der Waals surface area contributed by atoms with E-state index in [1.165, 1.54) is 10.8 Å². The SMILES string of the molecule is Cc1cc(Br)cnc1-n1c(CC(CN)=C(F)F)n[nH]c1=O. The van der Waals surface area contributed by atoms with E-state index in [4.69, 9.17) is 5.73 Å². The third kappa shape index (κ3) is 3.24. The number of aryl methyl sites for hydroxylation is 1. The second-order valence-corrected chi connectivity index (χ2v) is 5.23. The van der Waals surface area contributed by atoms with Crippen LogP contribution < -0.4 is 11.4 Å². The standard InChI is InChI=1S/C12H12BrF2N5O/c1-6-2-8(13)5-17-11(6)20-9(18-19-12(20)21)3-7(4-16)10(14)15/h2,5H,3-4,16H2,1H3,(H,19,21). The van der Waals surface area contributed by atoms with Gasteiger partial charge in [-0.15, -0.1) is 0 Å². The van der Waals surface area contributed by atoms with Crippen LogP contribution in [0, 0.1) is 6.92 Å². The fourth-order valence-corrected chi connectivity index (χ4v) is 2.29. The van der Waals surface area contributed by atoms with Crippen LogP contribution in [0.5, 0.6) is 0 Å². The average molecular weight is 360 g/mol. The number of aromatic amines is 1. The number of pyridine rings is 1. The lowest BCUT2D eigenvalue weighted by Gasteiger charge is -2.08. The first-order chi connectivity index (χ1) is 9.93. The molecule has 0 aliphatic heterocycles. The van der Waals surface area contributed by atoms with Crippen molar-refractivity contribution < 1.29 is 8.78 Å². The summed E-state index contributed by atoms with van der Waals surface area (Å²) in [7, 11) is 0. The number of aromatic nitrogens is 4. The van der Waals surface area contributed by atoms with Gasteiger partial charge < -0.3 is 5.73 Å². The Morgan fingerprint density at radius 2 is 2.24 bits per heavy atom. The second kappa shape index (κ2) is 6.27. The number of nitrogens with zero attached hydrogens (tertiary/aromatic N) is 3. The van der Waals surface area contributed by atoms with Gasteiger partial charge in [-0.25, -0.2) is 19.4 Å². The summed E-state index contributed by atoms with van der Waals surface area (Å²) in [5.41, 5.74) is 5.17. The van der Waals surface area contributed by atoms with E-state index in [-0.39, 0.29) is 24.4 Å². The monoisotopic (exact) mass is 359 g/mol. The zero-order valence-electron chi connectivity index (χ0n) is 11.0. The molecule has 2 aromatic heterocycles. The van der Waals surface area contributed by atoms with E-state index in [2.05, 4.69) is 31.1 Å². The molecule has 0 aliphatic carbocycles. The molecule has 0 saturated carbocycles. The first kappa shape index (κ1) is 15.5. The molecule has 21 heavy (non-hydrogen) atoms. The molecule has 0 spiro atoms. The van der Waals surface area contributed by atoms with Gasteiger partial charge in [0.2, 0.25) is 0 Å². The van der Waals surface area contributed by atoms with Crippen molar-refractivity contribution in [3.63, 3.8) is 0 Å². The fraction of sp³-hybridized carbons (Fsp3) is 0.250. The fourth-order valence-electron chi connectivity index (χ4n) is 1.84. The third-order valence-electron chi connectivity index (χ3n) is 2.86. The minimum absolute atomic E-state index is 0.131. The third-order valence-corrected chi connectivity index (χ3v) is 3.29. The number of nitrogens with two attached hydrogens (primary N) is 1. The lowest BCUT2D eigenvalue weighted by Crippen LogP contribution is -2.20. The Morgan fingerprint density at radius 3 is 2.81 bits per heavy atom. The van der Waals surface area contributed by atoms with Gasteiger partial charge in [0.05, 0.1) is 0 Å². The van der Waals surface area contributed by atoms with Gasteiger partial charge >= 0.3 is 5.69 Å². The van der Waals surface area contributed by atoms with Crippen LogP contribution >= 0.6 is 15.9 Å². The van der Waals surface area contributed by atoms with Gasteiger partial charge in [-0.2, -0.15) is 13.9 Å². The maximum Gasteiger partial charge on any atom is 0.349 e. The van der Waals surface area contributed by atoms with E-state index in [0.717, 1.165) is 4.47 Å². The van der Waals surface area contributed by atoms with Gasteiger partial charge in [0.15, 0.2) is 0 Å². The number of nitrogens with one attached hydrogen (secondary N) is 1. The van der Waals surface area contributed by atoms with Crippen molar-refractivity contribution in [3.05, 3.63) is 50.3 Å². The van der Waals surface area contributed by atoms with Crippen LogP contribution in [-0.4, -0.2) is 26.3 Å². The summed E-state index contributed by atoms with van der Waals surface area (Å²) in [4.78, 5) is 16.0. The molecule has 0 bridgehead atoms. The molecule has 6 nitrogen and oxygen atoms in total. The Balaban J connectivity index is 2.53. The normalized spacial score (nSPS) is 10.7. The Bertz CT molecular complexity index is 748. The highest BCUT2D eigenvalue weighted by Crippen LogP contribution is 2.18. The number of hydrogen-bond donors (Lipinski definition) is 2. The summed E-state index contributed by atoms with van der Waals surface area (Å²) in [6, 6.07) is 1.76. The number of halogens is 3. The summed E-state index contributed by atoms with van der Waals surface area (Å²) in [6.07, 6.45) is -0.574. The molecule has 2 heterocycles. The largest absolute Gasteiger partial charge is 0.349 e. The molecule has 2 rings (SSSR count). The average Bonchev–Trinajstić information content (AvgIpc) is 2.77. The van der Waals surface area contributed by atoms with Gasteiger partial charge in [-0.3, -0.25) is 0 Å². The quantitative estimate of drug-likeness (QED) is 0.868. The molecule has 0 saturated heterocycles. The Morgan fingerprint density at radius 1 is 1.52 bits per heavy atom. The molecule has 0 unspecified atom stereocenters. The van der Waals surface area contributed by atoms with Crippen LogP contribution in [0.25, 0.3) is 5.82 Å². The van der Waals surface area contributed by atoms with Crippen molar-refractivity contribution in [3.8, 4) is 5.82 Å². The summed E-state index contributed by atoms with van der Waals surface area (Å²) in [5, 5.41) is 6.02. The maximum absolute atomic E-state index is 12.7.